The van der Waals surface area contributed by atoms with E-state index in [4.69, 9.17) is 9.84 Å². The maximum atomic E-state index is 12.8. The number of ether oxygens (including phenoxy) is 1. The number of carboxylic acids is 1. The quantitative estimate of drug-likeness (QED) is 0.747. The Labute approximate surface area is 136 Å². The zero-order valence-electron chi connectivity index (χ0n) is 12.7. The number of hydrogen-bond acceptors (Lipinski definition) is 3. The van der Waals surface area contributed by atoms with Crippen LogP contribution in [0.2, 0.25) is 0 Å². The Morgan fingerprint density at radius 3 is 2.54 bits per heavy atom. The highest BCUT2D eigenvalue weighted by Gasteiger charge is 2.50. The van der Waals surface area contributed by atoms with Crippen molar-refractivity contribution >= 4 is 11.9 Å². The van der Waals surface area contributed by atoms with Gasteiger partial charge in [0, 0.05) is 6.54 Å². The first kappa shape index (κ1) is 17.8. The lowest BCUT2D eigenvalue weighted by molar-refractivity contribution is -0.143. The number of hydrogen-bond donors (Lipinski definition) is 2. The third-order valence-electron chi connectivity index (χ3n) is 3.80. The Morgan fingerprint density at radius 2 is 2.04 bits per heavy atom. The fraction of sp³-hybridized carbons (Fsp3) is 0.375. The molecule has 0 bridgehead atoms. The molecule has 0 heterocycles. The average molecular weight is 343 g/mol. The average Bonchev–Trinajstić information content (AvgIpc) is 3.31. The van der Waals surface area contributed by atoms with E-state index >= 15 is 0 Å². The van der Waals surface area contributed by atoms with E-state index in [1.54, 1.807) is 0 Å². The molecular formula is C16H16F3NO4. The molecule has 1 aliphatic carbocycles. The van der Waals surface area contributed by atoms with Crippen LogP contribution in [0.1, 0.15) is 28.8 Å². The van der Waals surface area contributed by atoms with Crippen LogP contribution in [0.15, 0.2) is 30.9 Å². The number of halogens is 3. The van der Waals surface area contributed by atoms with Crippen molar-refractivity contribution in [3.63, 3.8) is 0 Å². The fourth-order valence-electron chi connectivity index (χ4n) is 2.12. The van der Waals surface area contributed by atoms with Crippen molar-refractivity contribution in [2.24, 2.45) is 5.41 Å². The lowest BCUT2D eigenvalue weighted by atomic mass is 10.1. The van der Waals surface area contributed by atoms with Crippen LogP contribution in [0, 0.1) is 5.41 Å². The van der Waals surface area contributed by atoms with Gasteiger partial charge in [0.15, 0.2) is 0 Å². The van der Waals surface area contributed by atoms with E-state index < -0.39 is 29.0 Å². The smallest absolute Gasteiger partial charge is 0.416 e. The molecule has 24 heavy (non-hydrogen) atoms. The summed E-state index contributed by atoms with van der Waals surface area (Å²) in [4.78, 5) is 23.3. The van der Waals surface area contributed by atoms with Gasteiger partial charge >= 0.3 is 12.1 Å². The summed E-state index contributed by atoms with van der Waals surface area (Å²) < 4.78 is 43.7. The first-order valence-electron chi connectivity index (χ1n) is 7.16. The second-order valence-electron chi connectivity index (χ2n) is 5.58. The number of benzene rings is 1. The van der Waals surface area contributed by atoms with Crippen LogP contribution in [-0.4, -0.2) is 30.1 Å². The Kier molecular flexibility index (Phi) is 4.86. The molecule has 1 saturated carbocycles. The van der Waals surface area contributed by atoms with E-state index in [1.165, 1.54) is 6.08 Å². The molecule has 1 aromatic carbocycles. The van der Waals surface area contributed by atoms with Gasteiger partial charge in [-0.15, -0.1) is 0 Å². The molecule has 8 heteroatoms. The summed E-state index contributed by atoms with van der Waals surface area (Å²) in [7, 11) is 0. The summed E-state index contributed by atoms with van der Waals surface area (Å²) in [6.07, 6.45) is -2.37. The Balaban J connectivity index is 2.22. The van der Waals surface area contributed by atoms with Gasteiger partial charge in [0.2, 0.25) is 0 Å². The molecule has 1 amide bonds. The molecule has 0 aromatic heterocycles. The molecule has 1 aliphatic rings. The molecule has 0 saturated heterocycles. The van der Waals surface area contributed by atoms with Crippen molar-refractivity contribution in [3.8, 4) is 5.75 Å². The maximum absolute atomic E-state index is 12.8. The second-order valence-corrected chi connectivity index (χ2v) is 5.58. The highest BCUT2D eigenvalue weighted by molar-refractivity contribution is 5.97. The summed E-state index contributed by atoms with van der Waals surface area (Å²) in [5, 5.41) is 11.5. The van der Waals surface area contributed by atoms with Gasteiger partial charge in [-0.05, 0) is 31.0 Å². The van der Waals surface area contributed by atoms with Crippen molar-refractivity contribution < 1.29 is 32.6 Å². The lowest BCUT2D eigenvalue weighted by Gasteiger charge is -2.15. The van der Waals surface area contributed by atoms with E-state index in [2.05, 4.69) is 11.9 Å². The van der Waals surface area contributed by atoms with Crippen molar-refractivity contribution in [3.05, 3.63) is 42.0 Å². The topological polar surface area (TPSA) is 75.6 Å². The molecule has 1 aromatic rings. The standard InChI is InChI=1S/C16H16F3NO4/c1-2-7-24-12-4-3-10(16(17,18)19)8-11(12)13(21)20-9-15(5-6-15)14(22)23/h2-4,8H,1,5-7,9H2,(H,20,21)(H,22,23). The zero-order valence-corrected chi connectivity index (χ0v) is 12.7. The number of carbonyl (C=O) groups is 2. The van der Waals surface area contributed by atoms with Crippen LogP contribution in [0.5, 0.6) is 5.75 Å². The van der Waals surface area contributed by atoms with Gasteiger partial charge in [-0.3, -0.25) is 9.59 Å². The summed E-state index contributed by atoms with van der Waals surface area (Å²) in [5.41, 5.74) is -2.30. The molecule has 0 aliphatic heterocycles. The predicted molar refractivity (Wildman–Crippen MR) is 78.8 cm³/mol. The minimum Gasteiger partial charge on any atom is -0.489 e. The molecule has 2 N–H and O–H groups in total. The van der Waals surface area contributed by atoms with Crippen LogP contribution >= 0.6 is 0 Å². The second kappa shape index (κ2) is 6.54. The highest BCUT2D eigenvalue weighted by Crippen LogP contribution is 2.45. The van der Waals surface area contributed by atoms with Crippen molar-refractivity contribution in [1.29, 1.82) is 0 Å². The lowest BCUT2D eigenvalue weighted by Crippen LogP contribution is -2.34. The monoisotopic (exact) mass is 343 g/mol. The van der Waals surface area contributed by atoms with E-state index in [0.717, 1.165) is 12.1 Å². The number of aliphatic carboxylic acids is 1. The Bertz CT molecular complexity index is 666. The predicted octanol–water partition coefficient (Wildman–Crippen LogP) is 2.86. The number of nitrogens with one attached hydrogen (secondary N) is 1. The van der Waals surface area contributed by atoms with E-state index in [0.29, 0.717) is 18.9 Å². The number of alkyl halides is 3. The summed E-state index contributed by atoms with van der Waals surface area (Å²) >= 11 is 0. The van der Waals surface area contributed by atoms with Gasteiger partial charge in [-0.25, -0.2) is 0 Å². The Morgan fingerprint density at radius 1 is 1.38 bits per heavy atom. The van der Waals surface area contributed by atoms with Gasteiger partial charge in [0.05, 0.1) is 16.5 Å². The highest BCUT2D eigenvalue weighted by atomic mass is 19.4. The molecule has 0 unspecified atom stereocenters. The van der Waals surface area contributed by atoms with Gasteiger partial charge in [0.1, 0.15) is 12.4 Å². The number of rotatable bonds is 7. The first-order chi connectivity index (χ1) is 11.2. The third-order valence-corrected chi connectivity index (χ3v) is 3.80. The van der Waals surface area contributed by atoms with Crippen LogP contribution in [0.25, 0.3) is 0 Å². The summed E-state index contributed by atoms with van der Waals surface area (Å²) in [5.74, 6) is -1.87. The summed E-state index contributed by atoms with van der Waals surface area (Å²) in [6.45, 7) is 3.31. The third kappa shape index (κ3) is 3.87. The van der Waals surface area contributed by atoms with Crippen LogP contribution in [0.3, 0.4) is 0 Å². The number of amides is 1. The summed E-state index contributed by atoms with van der Waals surface area (Å²) in [6, 6.07) is 2.56. The largest absolute Gasteiger partial charge is 0.489 e. The minimum atomic E-state index is -4.61. The van der Waals surface area contributed by atoms with E-state index in [1.807, 2.05) is 0 Å². The Hall–Kier alpha value is -2.51. The van der Waals surface area contributed by atoms with Gasteiger partial charge in [-0.1, -0.05) is 12.7 Å². The van der Waals surface area contributed by atoms with Crippen LogP contribution in [0.4, 0.5) is 13.2 Å². The number of carbonyl (C=O) groups excluding carboxylic acids is 1. The van der Waals surface area contributed by atoms with Crippen LogP contribution < -0.4 is 10.1 Å². The normalized spacial score (nSPS) is 15.5. The fourth-order valence-corrected chi connectivity index (χ4v) is 2.12. The molecule has 0 atom stereocenters. The van der Waals surface area contributed by atoms with E-state index in [-0.39, 0.29) is 24.5 Å². The van der Waals surface area contributed by atoms with Crippen molar-refractivity contribution in [1.82, 2.24) is 5.32 Å². The molecule has 0 spiro atoms. The van der Waals surface area contributed by atoms with Crippen molar-refractivity contribution in [2.45, 2.75) is 19.0 Å². The molecule has 1 fully saturated rings. The molecule has 2 rings (SSSR count). The molecule has 130 valence electrons. The first-order valence-corrected chi connectivity index (χ1v) is 7.16. The van der Waals surface area contributed by atoms with Gasteiger partial charge in [0.25, 0.3) is 5.91 Å². The van der Waals surface area contributed by atoms with Crippen LogP contribution in [-0.2, 0) is 11.0 Å². The molecule has 0 radical (unpaired) electrons. The molecular weight excluding hydrogens is 327 g/mol. The van der Waals surface area contributed by atoms with Crippen molar-refractivity contribution in [2.75, 3.05) is 13.2 Å². The van der Waals surface area contributed by atoms with Gasteiger partial charge in [-0.2, -0.15) is 13.2 Å². The van der Waals surface area contributed by atoms with Gasteiger partial charge < -0.3 is 15.2 Å². The number of carboxylic acid groups (broad SMARTS) is 1. The minimum absolute atomic E-state index is 0.0186. The van der Waals surface area contributed by atoms with E-state index in [9.17, 15) is 22.8 Å². The SMILES string of the molecule is C=CCOc1ccc(C(F)(F)F)cc1C(=O)NCC1(C(=O)O)CC1. The zero-order chi connectivity index (χ0) is 18.0. The molecule has 5 nitrogen and oxygen atoms in total. The maximum Gasteiger partial charge on any atom is 0.416 e.